The summed E-state index contributed by atoms with van der Waals surface area (Å²) in [6, 6.07) is 15.8. The molecule has 0 unspecified atom stereocenters. The van der Waals surface area contributed by atoms with Crippen molar-refractivity contribution < 1.29 is 5.02 Å². The maximum Gasteiger partial charge on any atom is 0.471 e. The first-order valence-electron chi connectivity index (χ1n) is 6.04. The summed E-state index contributed by atoms with van der Waals surface area (Å²) in [6.45, 7) is 0. The summed E-state index contributed by atoms with van der Waals surface area (Å²) in [4.78, 5) is 2.83. The Bertz CT molecular complexity index is 615. The summed E-state index contributed by atoms with van der Waals surface area (Å²) in [5.41, 5.74) is 2.73. The zero-order chi connectivity index (χ0) is 13.2. The Hall–Kier alpha value is -1.72. The normalized spacial score (nSPS) is 13.6. The molecule has 0 atom stereocenters. The number of hydrogen-bond donors (Lipinski definition) is 1. The molecule has 0 spiro atoms. The average Bonchev–Trinajstić information content (AvgIpc) is 2.48. The fraction of sp³-hybridized carbons (Fsp3) is 0.0714. The number of nitrogens with zero attached hydrogens (tertiary/aromatic N) is 2. The van der Waals surface area contributed by atoms with E-state index in [1.807, 2.05) is 54.8 Å². The topological polar surface area (TPSA) is 35.8 Å². The summed E-state index contributed by atoms with van der Waals surface area (Å²) >= 11 is 1.69. The molecule has 1 aliphatic rings. The van der Waals surface area contributed by atoms with Crippen LogP contribution in [-0.2, 0) is 0 Å². The maximum absolute atomic E-state index is 10.4. The minimum absolute atomic E-state index is 0.735. The van der Waals surface area contributed by atoms with E-state index in [4.69, 9.17) is 0 Å². The highest BCUT2D eigenvalue weighted by Crippen LogP contribution is 2.22. The Balaban J connectivity index is 1.95. The van der Waals surface area contributed by atoms with E-state index < -0.39 is 7.05 Å². The van der Waals surface area contributed by atoms with Crippen LogP contribution in [0.1, 0.15) is 5.56 Å². The Kier molecular flexibility index (Phi) is 3.32. The lowest BCUT2D eigenvalue weighted by molar-refractivity contribution is 0.578. The number of anilines is 1. The average molecular weight is 268 g/mol. The van der Waals surface area contributed by atoms with E-state index in [1.165, 1.54) is 4.90 Å². The van der Waals surface area contributed by atoms with Crippen LogP contribution in [0, 0.1) is 0 Å². The quantitative estimate of drug-likeness (QED) is 0.668. The molecule has 3 rings (SSSR count). The number of hydrogen-bond acceptors (Lipinski definition) is 4. The van der Waals surface area contributed by atoms with Crippen LogP contribution in [0.5, 0.6) is 0 Å². The summed E-state index contributed by atoms with van der Waals surface area (Å²) in [6.07, 6.45) is 3.82. The molecule has 1 aliphatic heterocycles. The van der Waals surface area contributed by atoms with E-state index in [9.17, 15) is 5.02 Å². The molecule has 2 aromatic rings. The van der Waals surface area contributed by atoms with Crippen molar-refractivity contribution in [1.29, 1.82) is 0 Å². The summed E-state index contributed by atoms with van der Waals surface area (Å²) in [5, 5.41) is 14.7. The standard InChI is InChI=1S/C14H13BN2OS/c1-19-13-8-6-12(7-9-13)17-15(18)14-5-3-2-4-11(14)10-16-17/h2-10,18H,1H3. The molecule has 3 nitrogen and oxygen atoms in total. The first-order valence-corrected chi connectivity index (χ1v) is 7.26. The van der Waals surface area contributed by atoms with Gasteiger partial charge in [0.15, 0.2) is 0 Å². The van der Waals surface area contributed by atoms with Crippen molar-refractivity contribution in [2.75, 3.05) is 11.2 Å². The van der Waals surface area contributed by atoms with Crippen LogP contribution in [-0.4, -0.2) is 24.5 Å². The van der Waals surface area contributed by atoms with Gasteiger partial charge in [0.25, 0.3) is 0 Å². The van der Waals surface area contributed by atoms with E-state index >= 15 is 0 Å². The van der Waals surface area contributed by atoms with Crippen molar-refractivity contribution in [3.05, 3.63) is 54.1 Å². The Morgan fingerprint density at radius 1 is 1.11 bits per heavy atom. The smallest absolute Gasteiger partial charge is 0.427 e. The Morgan fingerprint density at radius 2 is 1.84 bits per heavy atom. The Labute approximate surface area is 117 Å². The van der Waals surface area contributed by atoms with E-state index in [0.29, 0.717) is 0 Å². The highest BCUT2D eigenvalue weighted by molar-refractivity contribution is 7.98. The second kappa shape index (κ2) is 5.11. The molecule has 5 heteroatoms. The molecular weight excluding hydrogens is 255 g/mol. The van der Waals surface area contributed by atoms with Gasteiger partial charge in [-0.25, -0.2) is 0 Å². The lowest BCUT2D eigenvalue weighted by atomic mass is 9.69. The van der Waals surface area contributed by atoms with Gasteiger partial charge in [-0.3, -0.25) is 4.92 Å². The second-order valence-electron chi connectivity index (χ2n) is 4.29. The van der Waals surface area contributed by atoms with Crippen molar-refractivity contribution in [2.45, 2.75) is 4.90 Å². The van der Waals surface area contributed by atoms with Gasteiger partial charge in [-0.2, -0.15) is 5.10 Å². The van der Waals surface area contributed by atoms with Crippen LogP contribution in [0.4, 0.5) is 5.69 Å². The molecule has 0 aliphatic carbocycles. The second-order valence-corrected chi connectivity index (χ2v) is 5.17. The number of thioether (sulfide) groups is 1. The highest BCUT2D eigenvalue weighted by atomic mass is 32.2. The summed E-state index contributed by atoms with van der Waals surface area (Å²) in [5.74, 6) is 0. The molecule has 1 heterocycles. The maximum atomic E-state index is 10.4. The fourth-order valence-corrected chi connectivity index (χ4v) is 2.53. The van der Waals surface area contributed by atoms with Gasteiger partial charge in [0.05, 0.1) is 6.21 Å². The minimum atomic E-state index is -0.735. The van der Waals surface area contributed by atoms with Gasteiger partial charge in [0.2, 0.25) is 0 Å². The summed E-state index contributed by atoms with van der Waals surface area (Å²) in [7, 11) is -0.735. The number of benzene rings is 2. The van der Waals surface area contributed by atoms with E-state index in [1.54, 1.807) is 22.9 Å². The molecule has 0 amide bonds. The summed E-state index contributed by atoms with van der Waals surface area (Å²) < 4.78 is 0. The van der Waals surface area contributed by atoms with Crippen LogP contribution in [0.2, 0.25) is 0 Å². The largest absolute Gasteiger partial charge is 0.471 e. The number of hydrazone groups is 1. The van der Waals surface area contributed by atoms with Crippen LogP contribution in [0.15, 0.2) is 58.5 Å². The molecule has 0 aromatic heterocycles. The van der Waals surface area contributed by atoms with E-state index in [-0.39, 0.29) is 0 Å². The molecule has 0 saturated heterocycles. The van der Waals surface area contributed by atoms with Gasteiger partial charge in [-0.05, 0) is 41.5 Å². The van der Waals surface area contributed by atoms with Gasteiger partial charge < -0.3 is 5.02 Å². The van der Waals surface area contributed by atoms with Crippen molar-refractivity contribution in [1.82, 2.24) is 0 Å². The van der Waals surface area contributed by atoms with Gasteiger partial charge >= 0.3 is 7.05 Å². The first-order chi connectivity index (χ1) is 9.29. The van der Waals surface area contributed by atoms with Crippen LogP contribution < -0.4 is 10.4 Å². The minimum Gasteiger partial charge on any atom is -0.427 e. The Morgan fingerprint density at radius 3 is 2.58 bits per heavy atom. The van der Waals surface area contributed by atoms with Crippen molar-refractivity contribution >= 4 is 36.2 Å². The zero-order valence-electron chi connectivity index (χ0n) is 10.5. The molecule has 0 radical (unpaired) electrons. The first kappa shape index (κ1) is 12.3. The third kappa shape index (κ3) is 2.27. The van der Waals surface area contributed by atoms with Crippen molar-refractivity contribution in [3.8, 4) is 0 Å². The molecule has 19 heavy (non-hydrogen) atoms. The predicted octanol–water partition coefficient (Wildman–Crippen LogP) is 1.95. The van der Waals surface area contributed by atoms with Gasteiger partial charge in [-0.1, -0.05) is 24.3 Å². The zero-order valence-corrected chi connectivity index (χ0v) is 11.3. The van der Waals surface area contributed by atoms with Gasteiger partial charge in [0.1, 0.15) is 0 Å². The molecule has 0 saturated carbocycles. The van der Waals surface area contributed by atoms with Crippen LogP contribution >= 0.6 is 11.8 Å². The van der Waals surface area contributed by atoms with Crippen LogP contribution in [0.3, 0.4) is 0 Å². The van der Waals surface area contributed by atoms with E-state index in [0.717, 1.165) is 16.7 Å². The SMILES string of the molecule is CSc1ccc(N2N=Cc3ccccc3B2O)cc1. The number of rotatable bonds is 2. The molecular formula is C14H13BN2OS. The van der Waals surface area contributed by atoms with Crippen molar-refractivity contribution in [2.24, 2.45) is 5.10 Å². The third-order valence-corrected chi connectivity index (χ3v) is 3.91. The number of fused-ring (bicyclic) bond motifs is 1. The predicted molar refractivity (Wildman–Crippen MR) is 82.3 cm³/mol. The van der Waals surface area contributed by atoms with Gasteiger partial charge in [-0.15, -0.1) is 11.8 Å². The van der Waals surface area contributed by atoms with E-state index in [2.05, 4.69) is 5.10 Å². The van der Waals surface area contributed by atoms with Gasteiger partial charge in [0, 0.05) is 10.6 Å². The fourth-order valence-electron chi connectivity index (χ4n) is 2.13. The highest BCUT2D eigenvalue weighted by Gasteiger charge is 2.29. The molecule has 0 bridgehead atoms. The van der Waals surface area contributed by atoms with Crippen LogP contribution in [0.25, 0.3) is 0 Å². The lowest BCUT2D eigenvalue weighted by Crippen LogP contribution is -2.50. The molecule has 2 aromatic carbocycles. The third-order valence-electron chi connectivity index (χ3n) is 3.16. The lowest BCUT2D eigenvalue weighted by Gasteiger charge is -2.26. The monoisotopic (exact) mass is 268 g/mol. The molecule has 0 fully saturated rings. The molecule has 94 valence electrons. The van der Waals surface area contributed by atoms with Crippen molar-refractivity contribution in [3.63, 3.8) is 0 Å². The molecule has 1 N–H and O–H groups in total.